The number of nitrogens with one attached hydrogen (secondary N) is 1. The summed E-state index contributed by atoms with van der Waals surface area (Å²) in [6.07, 6.45) is 0.377. The van der Waals surface area contributed by atoms with Crippen LogP contribution in [0.15, 0.2) is 24.3 Å². The predicted octanol–water partition coefficient (Wildman–Crippen LogP) is 1.64. The van der Waals surface area contributed by atoms with E-state index in [9.17, 15) is 14.9 Å². The molecule has 0 amide bonds. The minimum Gasteiger partial charge on any atom is -0.464 e. The van der Waals surface area contributed by atoms with Gasteiger partial charge in [0.2, 0.25) is 0 Å². The van der Waals surface area contributed by atoms with Crippen LogP contribution in [0.4, 0.5) is 5.69 Å². The predicted molar refractivity (Wildman–Crippen MR) is 66.1 cm³/mol. The van der Waals surface area contributed by atoms with E-state index >= 15 is 0 Å². The Morgan fingerprint density at radius 2 is 2.06 bits per heavy atom. The molecule has 1 aromatic carbocycles. The summed E-state index contributed by atoms with van der Waals surface area (Å²) >= 11 is 0. The number of rotatable bonds is 7. The van der Waals surface area contributed by atoms with E-state index in [1.165, 1.54) is 12.1 Å². The molecule has 98 valence electrons. The highest BCUT2D eigenvalue weighted by atomic mass is 16.6. The highest BCUT2D eigenvalue weighted by molar-refractivity contribution is 5.68. The monoisotopic (exact) mass is 252 g/mol. The van der Waals surface area contributed by atoms with Crippen molar-refractivity contribution in [2.45, 2.75) is 19.9 Å². The first kappa shape index (κ1) is 14.1. The van der Waals surface area contributed by atoms with Crippen LogP contribution >= 0.6 is 0 Å². The van der Waals surface area contributed by atoms with Gasteiger partial charge in [-0.1, -0.05) is 19.1 Å². The summed E-state index contributed by atoms with van der Waals surface area (Å²) in [6.45, 7) is 3.22. The molecule has 0 aliphatic heterocycles. The average Bonchev–Trinajstić information content (AvgIpc) is 2.38. The molecule has 0 saturated heterocycles. The van der Waals surface area contributed by atoms with Crippen molar-refractivity contribution >= 4 is 11.7 Å². The van der Waals surface area contributed by atoms with Crippen LogP contribution in [0, 0.1) is 10.1 Å². The number of carbonyl (C=O) groups excluding carboxylic acids is 1. The van der Waals surface area contributed by atoms with Crippen molar-refractivity contribution < 1.29 is 14.5 Å². The van der Waals surface area contributed by atoms with Crippen LogP contribution in [0.3, 0.4) is 0 Å². The zero-order valence-electron chi connectivity index (χ0n) is 10.2. The fraction of sp³-hybridized carbons (Fsp3) is 0.417. The molecule has 1 rings (SSSR count). The van der Waals surface area contributed by atoms with Crippen molar-refractivity contribution in [3.05, 3.63) is 39.9 Å². The fourth-order valence-electron chi connectivity index (χ4n) is 1.31. The molecule has 0 spiro atoms. The number of non-ortho nitro benzene ring substituents is 1. The van der Waals surface area contributed by atoms with Crippen LogP contribution in [-0.2, 0) is 16.1 Å². The number of nitro groups is 1. The lowest BCUT2D eigenvalue weighted by Crippen LogP contribution is -2.20. The molecular formula is C12H16N2O4. The van der Waals surface area contributed by atoms with Crippen LogP contribution in [0.25, 0.3) is 0 Å². The third kappa shape index (κ3) is 4.92. The molecule has 0 saturated carbocycles. The lowest BCUT2D eigenvalue weighted by Gasteiger charge is -2.05. The second kappa shape index (κ2) is 7.39. The zero-order chi connectivity index (χ0) is 13.4. The molecule has 0 heterocycles. The number of nitro benzene ring substituents is 1. The van der Waals surface area contributed by atoms with E-state index in [1.54, 1.807) is 19.1 Å². The van der Waals surface area contributed by atoms with E-state index in [4.69, 9.17) is 4.74 Å². The van der Waals surface area contributed by atoms with E-state index in [2.05, 4.69) is 5.32 Å². The van der Waals surface area contributed by atoms with Crippen LogP contribution in [0.2, 0.25) is 0 Å². The van der Waals surface area contributed by atoms with E-state index in [1.807, 2.05) is 0 Å². The first-order valence-electron chi connectivity index (χ1n) is 5.73. The Balaban J connectivity index is 2.23. The van der Waals surface area contributed by atoms with Crippen molar-refractivity contribution in [2.24, 2.45) is 0 Å². The molecule has 0 aromatic heterocycles. The van der Waals surface area contributed by atoms with Crippen molar-refractivity contribution in [3.63, 3.8) is 0 Å². The summed E-state index contributed by atoms with van der Waals surface area (Å²) in [5.74, 6) is -0.216. The number of carbonyl (C=O) groups is 1. The molecular weight excluding hydrogens is 236 g/mol. The Morgan fingerprint density at radius 1 is 1.39 bits per heavy atom. The molecule has 18 heavy (non-hydrogen) atoms. The lowest BCUT2D eigenvalue weighted by molar-refractivity contribution is -0.384. The number of benzene rings is 1. The van der Waals surface area contributed by atoms with Gasteiger partial charge in [-0.15, -0.1) is 0 Å². The van der Waals surface area contributed by atoms with Crippen LogP contribution < -0.4 is 5.32 Å². The third-order valence-electron chi connectivity index (χ3n) is 2.31. The number of hydrogen-bond donors (Lipinski definition) is 1. The van der Waals surface area contributed by atoms with Gasteiger partial charge in [-0.3, -0.25) is 14.9 Å². The molecule has 0 unspecified atom stereocenters. The number of esters is 1. The lowest BCUT2D eigenvalue weighted by atomic mass is 10.2. The second-order valence-corrected chi connectivity index (χ2v) is 3.67. The van der Waals surface area contributed by atoms with Crippen molar-refractivity contribution in [2.75, 3.05) is 13.2 Å². The quantitative estimate of drug-likeness (QED) is 0.345. The van der Waals surface area contributed by atoms with E-state index < -0.39 is 4.92 Å². The van der Waals surface area contributed by atoms with Gasteiger partial charge < -0.3 is 10.1 Å². The van der Waals surface area contributed by atoms with E-state index in [0.717, 1.165) is 5.56 Å². The maximum absolute atomic E-state index is 10.8. The Bertz CT molecular complexity index is 403. The number of hydrogen-bond acceptors (Lipinski definition) is 5. The van der Waals surface area contributed by atoms with Crippen molar-refractivity contribution in [3.8, 4) is 0 Å². The van der Waals surface area contributed by atoms with E-state index in [-0.39, 0.29) is 11.7 Å². The van der Waals surface area contributed by atoms with Crippen LogP contribution in [0.1, 0.15) is 18.9 Å². The smallest absolute Gasteiger partial charge is 0.305 e. The molecule has 1 N–H and O–H groups in total. The van der Waals surface area contributed by atoms with Gasteiger partial charge in [0.25, 0.3) is 5.69 Å². The molecule has 0 radical (unpaired) electrons. The zero-order valence-corrected chi connectivity index (χ0v) is 10.2. The second-order valence-electron chi connectivity index (χ2n) is 3.67. The van der Waals surface area contributed by atoms with Crippen LogP contribution in [-0.4, -0.2) is 24.0 Å². The third-order valence-corrected chi connectivity index (χ3v) is 2.31. The summed E-state index contributed by atoms with van der Waals surface area (Å²) in [4.78, 5) is 20.8. The maximum Gasteiger partial charge on any atom is 0.305 e. The molecule has 0 aliphatic rings. The summed E-state index contributed by atoms with van der Waals surface area (Å²) < 4.78 is 4.89. The number of ether oxygens (including phenoxy) is 1. The first-order chi connectivity index (χ1) is 8.63. The van der Waals surface area contributed by atoms with Gasteiger partial charge in [0.05, 0.1) is 4.92 Å². The number of nitrogens with zero attached hydrogens (tertiary/aromatic N) is 1. The summed E-state index contributed by atoms with van der Waals surface area (Å²) in [6, 6.07) is 6.33. The Labute approximate surface area is 105 Å². The van der Waals surface area contributed by atoms with Gasteiger partial charge in [0.1, 0.15) is 6.61 Å². The summed E-state index contributed by atoms with van der Waals surface area (Å²) in [5.41, 5.74) is 1.03. The fourth-order valence-corrected chi connectivity index (χ4v) is 1.31. The minimum atomic E-state index is -0.429. The normalized spacial score (nSPS) is 10.1. The van der Waals surface area contributed by atoms with Crippen molar-refractivity contribution in [1.29, 1.82) is 0 Å². The highest BCUT2D eigenvalue weighted by Crippen LogP contribution is 2.11. The largest absolute Gasteiger partial charge is 0.464 e. The molecule has 6 heteroatoms. The molecule has 0 atom stereocenters. The standard InChI is InChI=1S/C12H16N2O4/c1-2-12(15)18-8-7-13-9-10-3-5-11(6-4-10)14(16)17/h3-6,13H,2,7-9H2,1H3. The van der Waals surface area contributed by atoms with Crippen LogP contribution in [0.5, 0.6) is 0 Å². The SMILES string of the molecule is CCC(=O)OCCNCc1ccc([N+](=O)[O-])cc1. The Morgan fingerprint density at radius 3 is 2.61 bits per heavy atom. The highest BCUT2D eigenvalue weighted by Gasteiger charge is 2.03. The van der Waals surface area contributed by atoms with Gasteiger partial charge in [-0.05, 0) is 5.56 Å². The Hall–Kier alpha value is -1.95. The van der Waals surface area contributed by atoms with Gasteiger partial charge in [0.15, 0.2) is 0 Å². The molecule has 0 fully saturated rings. The molecule has 0 aliphatic carbocycles. The van der Waals surface area contributed by atoms with Gasteiger partial charge in [-0.25, -0.2) is 0 Å². The van der Waals surface area contributed by atoms with Crippen molar-refractivity contribution in [1.82, 2.24) is 5.32 Å². The minimum absolute atomic E-state index is 0.0793. The average molecular weight is 252 g/mol. The molecule has 0 bridgehead atoms. The first-order valence-corrected chi connectivity index (χ1v) is 5.73. The molecule has 1 aromatic rings. The summed E-state index contributed by atoms with van der Waals surface area (Å²) in [7, 11) is 0. The topological polar surface area (TPSA) is 81.5 Å². The molecule has 6 nitrogen and oxygen atoms in total. The van der Waals surface area contributed by atoms with Gasteiger partial charge in [0, 0.05) is 31.6 Å². The Kier molecular flexibility index (Phi) is 5.79. The van der Waals surface area contributed by atoms with Gasteiger partial charge in [-0.2, -0.15) is 0 Å². The van der Waals surface area contributed by atoms with E-state index in [0.29, 0.717) is 26.1 Å². The maximum atomic E-state index is 10.8. The van der Waals surface area contributed by atoms with Gasteiger partial charge >= 0.3 is 5.97 Å². The summed E-state index contributed by atoms with van der Waals surface area (Å²) in [5, 5.41) is 13.5.